The van der Waals surface area contributed by atoms with Gasteiger partial charge < -0.3 is 10.6 Å². The van der Waals surface area contributed by atoms with Crippen LogP contribution in [0.5, 0.6) is 0 Å². The van der Waals surface area contributed by atoms with Gasteiger partial charge in [-0.05, 0) is 36.1 Å². The highest BCUT2D eigenvalue weighted by atomic mass is 16.1. The number of nitrogens with one attached hydrogen (secondary N) is 2. The fourth-order valence-electron chi connectivity index (χ4n) is 2.43. The first-order chi connectivity index (χ1) is 11.2. The third-order valence-electron chi connectivity index (χ3n) is 3.69. The molecule has 0 aliphatic carbocycles. The second kappa shape index (κ2) is 8.13. The summed E-state index contributed by atoms with van der Waals surface area (Å²) >= 11 is 0. The van der Waals surface area contributed by atoms with Gasteiger partial charge in [0.15, 0.2) is 0 Å². The molecule has 0 spiro atoms. The van der Waals surface area contributed by atoms with Gasteiger partial charge >= 0.3 is 0 Å². The van der Waals surface area contributed by atoms with Crippen LogP contribution in [-0.2, 0) is 12.8 Å². The van der Waals surface area contributed by atoms with Gasteiger partial charge in [0.05, 0.1) is 0 Å². The van der Waals surface area contributed by atoms with E-state index >= 15 is 0 Å². The third kappa shape index (κ3) is 4.19. The lowest BCUT2D eigenvalue weighted by atomic mass is 10.0. The number of carbonyl (C=O) groups is 1. The van der Waals surface area contributed by atoms with Crippen LogP contribution in [0.25, 0.3) is 0 Å². The number of amides is 1. The first kappa shape index (κ1) is 16.7. The molecule has 0 fully saturated rings. The molecule has 120 valence electrons. The Hall–Kier alpha value is -2.62. The van der Waals surface area contributed by atoms with E-state index in [-0.39, 0.29) is 5.91 Å². The van der Waals surface area contributed by atoms with Gasteiger partial charge in [-0.2, -0.15) is 0 Å². The average molecular weight is 309 g/mol. The molecule has 4 heteroatoms. The molecule has 1 amide bonds. The molecule has 0 saturated carbocycles. The number of aromatic nitrogens is 1. The summed E-state index contributed by atoms with van der Waals surface area (Å²) in [5.41, 5.74) is 3.81. The zero-order valence-corrected chi connectivity index (χ0v) is 13.7. The predicted octanol–water partition coefficient (Wildman–Crippen LogP) is 4.06. The summed E-state index contributed by atoms with van der Waals surface area (Å²) in [6, 6.07) is 9.61. The summed E-state index contributed by atoms with van der Waals surface area (Å²) in [7, 11) is 0. The molecule has 0 aliphatic heterocycles. The van der Waals surface area contributed by atoms with Crippen LogP contribution in [0.2, 0.25) is 0 Å². The Morgan fingerprint density at radius 3 is 2.52 bits per heavy atom. The quantitative estimate of drug-likeness (QED) is 0.758. The molecule has 0 atom stereocenters. The summed E-state index contributed by atoms with van der Waals surface area (Å²) in [6.07, 6.45) is 5.14. The highest BCUT2D eigenvalue weighted by Gasteiger charge is 2.12. The van der Waals surface area contributed by atoms with Crippen molar-refractivity contribution < 1.29 is 4.79 Å². The van der Waals surface area contributed by atoms with E-state index in [1.54, 1.807) is 24.4 Å². The Morgan fingerprint density at radius 2 is 1.91 bits per heavy atom. The van der Waals surface area contributed by atoms with Crippen LogP contribution in [0, 0.1) is 0 Å². The van der Waals surface area contributed by atoms with Gasteiger partial charge in [-0.1, -0.05) is 38.1 Å². The number of carbonyl (C=O) groups excluding carboxylic acids is 1. The number of anilines is 2. The van der Waals surface area contributed by atoms with E-state index in [0.29, 0.717) is 17.9 Å². The van der Waals surface area contributed by atoms with Crippen molar-refractivity contribution in [3.63, 3.8) is 0 Å². The van der Waals surface area contributed by atoms with Crippen LogP contribution in [0.3, 0.4) is 0 Å². The van der Waals surface area contributed by atoms with E-state index in [9.17, 15) is 4.79 Å². The SMILES string of the molecule is C=CCNc1cc(C(=O)Nc2c(CC)cccc2CC)ccn1. The zero-order valence-electron chi connectivity index (χ0n) is 13.7. The number of hydrogen-bond donors (Lipinski definition) is 2. The molecule has 1 aromatic heterocycles. The Bertz CT molecular complexity index is 673. The van der Waals surface area contributed by atoms with Crippen LogP contribution >= 0.6 is 0 Å². The molecule has 1 heterocycles. The number of para-hydroxylation sites is 1. The van der Waals surface area contributed by atoms with E-state index in [1.807, 2.05) is 6.07 Å². The zero-order chi connectivity index (χ0) is 16.7. The largest absolute Gasteiger partial charge is 0.367 e. The van der Waals surface area contributed by atoms with Gasteiger partial charge in [0.2, 0.25) is 0 Å². The van der Waals surface area contributed by atoms with Crippen LogP contribution in [0.4, 0.5) is 11.5 Å². The fourth-order valence-corrected chi connectivity index (χ4v) is 2.43. The summed E-state index contributed by atoms with van der Waals surface area (Å²) in [5, 5.41) is 6.16. The number of pyridine rings is 1. The highest BCUT2D eigenvalue weighted by Crippen LogP contribution is 2.23. The van der Waals surface area contributed by atoms with E-state index in [0.717, 1.165) is 29.7 Å². The van der Waals surface area contributed by atoms with Gasteiger partial charge in [0.1, 0.15) is 5.82 Å². The van der Waals surface area contributed by atoms with E-state index in [2.05, 4.69) is 48.2 Å². The topological polar surface area (TPSA) is 54.0 Å². The first-order valence-corrected chi connectivity index (χ1v) is 7.92. The Labute approximate surface area is 137 Å². The van der Waals surface area contributed by atoms with E-state index in [4.69, 9.17) is 0 Å². The molecule has 2 aromatic rings. The third-order valence-corrected chi connectivity index (χ3v) is 3.69. The molecule has 0 aliphatic rings. The van der Waals surface area contributed by atoms with Crippen molar-refractivity contribution in [2.75, 3.05) is 17.2 Å². The lowest BCUT2D eigenvalue weighted by molar-refractivity contribution is 0.102. The van der Waals surface area contributed by atoms with Gasteiger partial charge in [-0.25, -0.2) is 4.98 Å². The maximum Gasteiger partial charge on any atom is 0.255 e. The van der Waals surface area contributed by atoms with Crippen molar-refractivity contribution in [2.45, 2.75) is 26.7 Å². The molecule has 2 N–H and O–H groups in total. The normalized spacial score (nSPS) is 10.2. The molecule has 0 radical (unpaired) electrons. The number of hydrogen-bond acceptors (Lipinski definition) is 3. The fraction of sp³-hybridized carbons (Fsp3) is 0.263. The van der Waals surface area contributed by atoms with E-state index in [1.165, 1.54) is 0 Å². The van der Waals surface area contributed by atoms with Crippen molar-refractivity contribution in [1.82, 2.24) is 4.98 Å². The van der Waals surface area contributed by atoms with Gasteiger partial charge in [0.25, 0.3) is 5.91 Å². The second-order valence-corrected chi connectivity index (χ2v) is 5.21. The summed E-state index contributed by atoms with van der Waals surface area (Å²) < 4.78 is 0. The maximum atomic E-state index is 12.6. The minimum absolute atomic E-state index is 0.121. The van der Waals surface area contributed by atoms with Crippen molar-refractivity contribution in [1.29, 1.82) is 0 Å². The molecular formula is C19H23N3O. The summed E-state index contributed by atoms with van der Waals surface area (Å²) in [5.74, 6) is 0.543. The standard InChI is InChI=1S/C19H23N3O/c1-4-11-20-17-13-16(10-12-21-17)19(23)22-18-14(5-2)8-7-9-15(18)6-3/h4,7-10,12-13H,1,5-6,11H2,2-3H3,(H,20,21)(H,22,23). The highest BCUT2D eigenvalue weighted by molar-refractivity contribution is 6.05. The maximum absolute atomic E-state index is 12.6. The van der Waals surface area contributed by atoms with Crippen molar-refractivity contribution in [3.8, 4) is 0 Å². The van der Waals surface area contributed by atoms with Crippen molar-refractivity contribution in [2.24, 2.45) is 0 Å². The lowest BCUT2D eigenvalue weighted by Gasteiger charge is -2.14. The summed E-state index contributed by atoms with van der Waals surface area (Å²) in [6.45, 7) is 8.45. The van der Waals surface area contributed by atoms with Gasteiger partial charge in [0, 0.05) is 24.0 Å². The predicted molar refractivity (Wildman–Crippen MR) is 96.1 cm³/mol. The average Bonchev–Trinajstić information content (AvgIpc) is 2.60. The first-order valence-electron chi connectivity index (χ1n) is 7.92. The van der Waals surface area contributed by atoms with Gasteiger partial charge in [-0.3, -0.25) is 4.79 Å². The smallest absolute Gasteiger partial charge is 0.255 e. The minimum atomic E-state index is -0.121. The Balaban J connectivity index is 2.24. The number of rotatable bonds is 7. The molecule has 4 nitrogen and oxygen atoms in total. The van der Waals surface area contributed by atoms with Crippen LogP contribution in [0.15, 0.2) is 49.2 Å². The molecular weight excluding hydrogens is 286 g/mol. The van der Waals surface area contributed by atoms with Crippen LogP contribution in [-0.4, -0.2) is 17.4 Å². The van der Waals surface area contributed by atoms with Crippen LogP contribution in [0.1, 0.15) is 35.3 Å². The molecule has 0 saturated heterocycles. The molecule has 0 bridgehead atoms. The lowest BCUT2D eigenvalue weighted by Crippen LogP contribution is -2.15. The second-order valence-electron chi connectivity index (χ2n) is 5.21. The van der Waals surface area contributed by atoms with Crippen molar-refractivity contribution >= 4 is 17.4 Å². The molecule has 2 rings (SSSR count). The Morgan fingerprint density at radius 1 is 1.22 bits per heavy atom. The summed E-state index contributed by atoms with van der Waals surface area (Å²) in [4.78, 5) is 16.8. The van der Waals surface area contributed by atoms with Crippen molar-refractivity contribution in [3.05, 3.63) is 65.9 Å². The number of aryl methyl sites for hydroxylation is 2. The number of benzene rings is 1. The van der Waals surface area contributed by atoms with Gasteiger partial charge in [-0.15, -0.1) is 6.58 Å². The van der Waals surface area contributed by atoms with E-state index < -0.39 is 0 Å². The molecule has 0 unspecified atom stereocenters. The Kier molecular flexibility index (Phi) is 5.92. The molecule has 1 aromatic carbocycles. The monoisotopic (exact) mass is 309 g/mol. The van der Waals surface area contributed by atoms with Crippen LogP contribution < -0.4 is 10.6 Å². The number of nitrogens with zero attached hydrogens (tertiary/aromatic N) is 1. The molecule has 23 heavy (non-hydrogen) atoms. The minimum Gasteiger partial charge on any atom is -0.367 e.